The number of hydrogen-bond acceptors (Lipinski definition) is 7. The predicted octanol–water partition coefficient (Wildman–Crippen LogP) is 4.55. The molecule has 0 saturated carbocycles. The first kappa shape index (κ1) is 25.4. The molecule has 0 fully saturated rings. The Morgan fingerprint density at radius 2 is 1.54 bits per heavy atom. The second kappa shape index (κ2) is 9.92. The Labute approximate surface area is 194 Å². The van der Waals surface area contributed by atoms with Crippen LogP contribution in [-0.4, -0.2) is 26.7 Å². The third-order valence-corrected chi connectivity index (χ3v) is 5.84. The highest BCUT2D eigenvalue weighted by Crippen LogP contribution is 2.31. The number of nitrogens with zero attached hydrogens (tertiary/aromatic N) is 2. The summed E-state index contributed by atoms with van der Waals surface area (Å²) < 4.78 is 101. The van der Waals surface area contributed by atoms with E-state index >= 15 is 0 Å². The standard InChI is InChI=1S/C20H13F5N4O5S/c1-34-14-5-3-2-4-12(14)28-35(32,33)15-8-10(29(30)31)6-7-13(15)27-26-9-11-16(21)18(23)20(25)19(24)17(11)22/h2-9,27-28H,1H3/b26-9-. The minimum Gasteiger partial charge on any atom is -0.495 e. The van der Waals surface area contributed by atoms with Crippen LogP contribution >= 0.6 is 0 Å². The third-order valence-electron chi connectivity index (χ3n) is 4.44. The van der Waals surface area contributed by atoms with Gasteiger partial charge in [0.05, 0.1) is 35.2 Å². The average Bonchev–Trinajstić information content (AvgIpc) is 2.83. The van der Waals surface area contributed by atoms with Crippen LogP contribution in [0.25, 0.3) is 0 Å². The molecule has 35 heavy (non-hydrogen) atoms. The van der Waals surface area contributed by atoms with Gasteiger partial charge < -0.3 is 4.74 Å². The van der Waals surface area contributed by atoms with Crippen LogP contribution in [0.5, 0.6) is 5.75 Å². The molecule has 0 aromatic heterocycles. The zero-order valence-electron chi connectivity index (χ0n) is 17.4. The van der Waals surface area contributed by atoms with Crippen LogP contribution in [0, 0.1) is 39.2 Å². The molecule has 0 aliphatic rings. The first-order valence-corrected chi connectivity index (χ1v) is 10.7. The molecule has 0 amide bonds. The van der Waals surface area contributed by atoms with Crippen molar-refractivity contribution in [2.75, 3.05) is 17.3 Å². The van der Waals surface area contributed by atoms with Crippen molar-refractivity contribution in [3.8, 4) is 5.75 Å². The first-order valence-electron chi connectivity index (χ1n) is 9.22. The minimum atomic E-state index is -4.55. The number of hydrogen-bond donors (Lipinski definition) is 2. The number of halogens is 5. The lowest BCUT2D eigenvalue weighted by Crippen LogP contribution is -2.15. The number of para-hydroxylation sites is 2. The Kier molecular flexibility index (Phi) is 7.19. The Bertz CT molecular complexity index is 1420. The molecular weight excluding hydrogens is 503 g/mol. The highest BCUT2D eigenvalue weighted by molar-refractivity contribution is 7.93. The molecule has 3 aromatic rings. The van der Waals surface area contributed by atoms with Gasteiger partial charge in [-0.1, -0.05) is 12.1 Å². The van der Waals surface area contributed by atoms with Crippen LogP contribution in [0.2, 0.25) is 0 Å². The summed E-state index contributed by atoms with van der Waals surface area (Å²) in [6.45, 7) is 0. The van der Waals surface area contributed by atoms with E-state index in [0.29, 0.717) is 6.07 Å². The van der Waals surface area contributed by atoms with E-state index in [1.54, 1.807) is 6.07 Å². The maximum atomic E-state index is 13.8. The van der Waals surface area contributed by atoms with E-state index in [4.69, 9.17) is 4.74 Å². The normalized spacial score (nSPS) is 11.5. The van der Waals surface area contributed by atoms with Crippen LogP contribution in [0.4, 0.5) is 39.0 Å². The van der Waals surface area contributed by atoms with Gasteiger partial charge in [-0.05, 0) is 18.2 Å². The second-order valence-electron chi connectivity index (χ2n) is 6.60. The van der Waals surface area contributed by atoms with Crippen LogP contribution in [0.3, 0.4) is 0 Å². The molecule has 0 unspecified atom stereocenters. The van der Waals surface area contributed by atoms with Gasteiger partial charge in [-0.15, -0.1) is 0 Å². The average molecular weight is 516 g/mol. The van der Waals surface area contributed by atoms with Gasteiger partial charge in [0.2, 0.25) is 5.82 Å². The van der Waals surface area contributed by atoms with Crippen molar-refractivity contribution in [2.24, 2.45) is 5.10 Å². The summed E-state index contributed by atoms with van der Waals surface area (Å²) in [4.78, 5) is 9.56. The fourth-order valence-corrected chi connectivity index (χ4v) is 4.02. The summed E-state index contributed by atoms with van der Waals surface area (Å²) in [5.74, 6) is -11.0. The summed E-state index contributed by atoms with van der Waals surface area (Å²) >= 11 is 0. The van der Waals surface area contributed by atoms with Gasteiger partial charge in [0.15, 0.2) is 23.3 Å². The summed E-state index contributed by atoms with van der Waals surface area (Å²) in [6.07, 6.45) is 0.238. The predicted molar refractivity (Wildman–Crippen MR) is 114 cm³/mol. The van der Waals surface area contributed by atoms with Crippen molar-refractivity contribution in [2.45, 2.75) is 4.90 Å². The zero-order valence-corrected chi connectivity index (χ0v) is 18.2. The van der Waals surface area contributed by atoms with Crippen molar-refractivity contribution in [3.05, 3.63) is 87.2 Å². The van der Waals surface area contributed by atoms with Gasteiger partial charge in [-0.2, -0.15) is 5.10 Å². The lowest BCUT2D eigenvalue weighted by molar-refractivity contribution is -0.385. The number of anilines is 2. The van der Waals surface area contributed by atoms with E-state index in [1.807, 2.05) is 0 Å². The maximum Gasteiger partial charge on any atom is 0.270 e. The van der Waals surface area contributed by atoms with Crippen LogP contribution in [-0.2, 0) is 10.0 Å². The number of sulfonamides is 1. The number of methoxy groups -OCH3 is 1. The number of non-ortho nitro benzene ring substituents is 1. The molecule has 0 bridgehead atoms. The highest BCUT2D eigenvalue weighted by Gasteiger charge is 2.26. The lowest BCUT2D eigenvalue weighted by atomic mass is 10.2. The van der Waals surface area contributed by atoms with Gasteiger partial charge >= 0.3 is 0 Å². The van der Waals surface area contributed by atoms with Crippen LogP contribution < -0.4 is 14.9 Å². The quantitative estimate of drug-likeness (QED) is 0.113. The van der Waals surface area contributed by atoms with E-state index in [1.165, 1.54) is 25.3 Å². The molecule has 0 saturated heterocycles. The van der Waals surface area contributed by atoms with Gasteiger partial charge in [-0.25, -0.2) is 30.4 Å². The summed E-state index contributed by atoms with van der Waals surface area (Å²) in [6, 6.07) is 8.34. The van der Waals surface area contributed by atoms with Crippen molar-refractivity contribution in [1.29, 1.82) is 0 Å². The van der Waals surface area contributed by atoms with E-state index < -0.39 is 65.9 Å². The Balaban J connectivity index is 2.03. The third kappa shape index (κ3) is 5.13. The SMILES string of the molecule is COc1ccccc1NS(=O)(=O)c1cc([N+](=O)[O-])ccc1N/N=C\c1c(F)c(F)c(F)c(F)c1F. The van der Waals surface area contributed by atoms with Gasteiger partial charge in [0.1, 0.15) is 10.6 Å². The topological polar surface area (TPSA) is 123 Å². The van der Waals surface area contributed by atoms with E-state index in [2.05, 4.69) is 15.2 Å². The van der Waals surface area contributed by atoms with Crippen molar-refractivity contribution in [1.82, 2.24) is 0 Å². The molecule has 15 heteroatoms. The first-order chi connectivity index (χ1) is 16.5. The number of ether oxygens (including phenoxy) is 1. The fraction of sp³-hybridized carbons (Fsp3) is 0.0500. The number of nitrogens with one attached hydrogen (secondary N) is 2. The fourth-order valence-electron chi connectivity index (χ4n) is 2.77. The minimum absolute atomic E-state index is 0.0163. The number of nitro benzene ring substituents is 1. The number of benzene rings is 3. The molecule has 9 nitrogen and oxygen atoms in total. The molecule has 3 aromatic carbocycles. The van der Waals surface area contributed by atoms with Crippen LogP contribution in [0.1, 0.15) is 5.56 Å². The molecule has 0 radical (unpaired) electrons. The Morgan fingerprint density at radius 3 is 2.14 bits per heavy atom. The van der Waals surface area contributed by atoms with E-state index in [9.17, 15) is 40.5 Å². The Morgan fingerprint density at radius 1 is 0.943 bits per heavy atom. The molecular formula is C20H13F5N4O5S. The van der Waals surface area contributed by atoms with E-state index in [0.717, 1.165) is 12.1 Å². The monoisotopic (exact) mass is 516 g/mol. The summed E-state index contributed by atoms with van der Waals surface area (Å²) in [5.41, 5.74) is -0.375. The molecule has 0 spiro atoms. The molecule has 184 valence electrons. The largest absolute Gasteiger partial charge is 0.495 e. The number of hydrazone groups is 1. The molecule has 0 atom stereocenters. The zero-order chi connectivity index (χ0) is 25.9. The summed E-state index contributed by atoms with van der Waals surface area (Å²) in [7, 11) is -3.27. The maximum absolute atomic E-state index is 13.8. The lowest BCUT2D eigenvalue weighted by Gasteiger charge is -2.14. The van der Waals surface area contributed by atoms with Gasteiger partial charge in [-0.3, -0.25) is 20.3 Å². The van der Waals surface area contributed by atoms with Crippen LogP contribution in [0.15, 0.2) is 52.5 Å². The highest BCUT2D eigenvalue weighted by atomic mass is 32.2. The number of nitro groups is 1. The number of rotatable bonds is 8. The van der Waals surface area contributed by atoms with Crippen molar-refractivity contribution in [3.63, 3.8) is 0 Å². The molecule has 2 N–H and O–H groups in total. The second-order valence-corrected chi connectivity index (χ2v) is 8.25. The van der Waals surface area contributed by atoms with E-state index in [-0.39, 0.29) is 17.7 Å². The molecule has 0 aliphatic heterocycles. The Hall–Kier alpha value is -4.27. The smallest absolute Gasteiger partial charge is 0.270 e. The van der Waals surface area contributed by atoms with Gasteiger partial charge in [0.25, 0.3) is 15.7 Å². The molecule has 0 heterocycles. The molecule has 3 rings (SSSR count). The van der Waals surface area contributed by atoms with Crippen molar-refractivity contribution < 1.29 is 40.0 Å². The molecule has 0 aliphatic carbocycles. The van der Waals surface area contributed by atoms with Gasteiger partial charge in [0, 0.05) is 12.1 Å². The summed E-state index contributed by atoms with van der Waals surface area (Å²) in [5, 5.41) is 14.5. The van der Waals surface area contributed by atoms with Crippen molar-refractivity contribution >= 4 is 33.3 Å².